The highest BCUT2D eigenvalue weighted by molar-refractivity contribution is 9.09. The fraction of sp³-hybridized carbons (Fsp3) is 0.100. The van der Waals surface area contributed by atoms with Gasteiger partial charge in [0.1, 0.15) is 0 Å². The highest BCUT2D eigenvalue weighted by Crippen LogP contribution is 2.05. The van der Waals surface area contributed by atoms with Crippen molar-refractivity contribution in [2.24, 2.45) is 5.73 Å². The van der Waals surface area contributed by atoms with E-state index < -0.39 is 5.91 Å². The van der Waals surface area contributed by atoms with Crippen LogP contribution in [0.15, 0.2) is 30.3 Å². The summed E-state index contributed by atoms with van der Waals surface area (Å²) >= 11 is 3.28. The molecule has 2 N–H and O–H groups in total. The van der Waals surface area contributed by atoms with Crippen LogP contribution in [0.25, 0.3) is 6.08 Å². The number of halogens is 1. The third-order valence-electron chi connectivity index (χ3n) is 1.59. The zero-order chi connectivity index (χ0) is 9.68. The van der Waals surface area contributed by atoms with Crippen LogP contribution >= 0.6 is 15.9 Å². The van der Waals surface area contributed by atoms with Crippen LogP contribution in [0.2, 0.25) is 0 Å². The fourth-order valence-corrected chi connectivity index (χ4v) is 1.13. The molecule has 0 fully saturated rings. The van der Waals surface area contributed by atoms with E-state index in [0.29, 0.717) is 5.56 Å². The van der Waals surface area contributed by atoms with Crippen LogP contribution in [0.4, 0.5) is 0 Å². The number of alkyl halides is 1. The predicted octanol–water partition coefficient (Wildman–Crippen LogP) is 2.19. The summed E-state index contributed by atoms with van der Waals surface area (Å²) < 4.78 is 0. The lowest BCUT2D eigenvalue weighted by atomic mass is 10.1. The largest absolute Gasteiger partial charge is 0.366 e. The monoisotopic (exact) mass is 239 g/mol. The van der Waals surface area contributed by atoms with Gasteiger partial charge in [-0.1, -0.05) is 40.2 Å². The van der Waals surface area contributed by atoms with Crippen molar-refractivity contribution in [1.82, 2.24) is 0 Å². The van der Waals surface area contributed by atoms with Crippen LogP contribution in [0, 0.1) is 0 Å². The topological polar surface area (TPSA) is 43.1 Å². The van der Waals surface area contributed by atoms with Gasteiger partial charge in [-0.15, -0.1) is 0 Å². The lowest BCUT2D eigenvalue weighted by Gasteiger charge is -1.95. The maximum Gasteiger partial charge on any atom is 0.248 e. The molecule has 68 valence electrons. The molecule has 0 saturated carbocycles. The summed E-state index contributed by atoms with van der Waals surface area (Å²) in [5, 5.41) is 0.824. The van der Waals surface area contributed by atoms with Crippen LogP contribution in [0.1, 0.15) is 15.9 Å². The zero-order valence-electron chi connectivity index (χ0n) is 7.03. The minimum Gasteiger partial charge on any atom is -0.366 e. The lowest BCUT2D eigenvalue weighted by Crippen LogP contribution is -2.10. The van der Waals surface area contributed by atoms with Crippen LogP contribution in [0.3, 0.4) is 0 Å². The summed E-state index contributed by atoms with van der Waals surface area (Å²) in [6.07, 6.45) is 3.96. The van der Waals surface area contributed by atoms with Crippen molar-refractivity contribution in [3.8, 4) is 0 Å². The minimum absolute atomic E-state index is 0.393. The van der Waals surface area contributed by atoms with E-state index in [1.165, 1.54) is 0 Å². The van der Waals surface area contributed by atoms with Gasteiger partial charge in [-0.05, 0) is 17.7 Å². The standard InChI is InChI=1S/C10H10BrNO/c11-7-1-2-8-3-5-9(6-4-8)10(12)13/h1-6H,7H2,(H2,12,13). The van der Waals surface area contributed by atoms with Crippen LogP contribution < -0.4 is 5.73 Å². The Morgan fingerprint density at radius 3 is 2.46 bits per heavy atom. The maximum atomic E-state index is 10.7. The van der Waals surface area contributed by atoms with Gasteiger partial charge < -0.3 is 5.73 Å². The Morgan fingerprint density at radius 2 is 2.00 bits per heavy atom. The second kappa shape index (κ2) is 4.82. The Morgan fingerprint density at radius 1 is 1.38 bits per heavy atom. The smallest absolute Gasteiger partial charge is 0.248 e. The van der Waals surface area contributed by atoms with Gasteiger partial charge in [0.15, 0.2) is 0 Å². The highest BCUT2D eigenvalue weighted by atomic mass is 79.9. The summed E-state index contributed by atoms with van der Waals surface area (Å²) in [7, 11) is 0. The van der Waals surface area contributed by atoms with Crippen molar-refractivity contribution >= 4 is 27.9 Å². The van der Waals surface area contributed by atoms with Gasteiger partial charge >= 0.3 is 0 Å². The van der Waals surface area contributed by atoms with Gasteiger partial charge in [0.05, 0.1) is 0 Å². The second-order valence-electron chi connectivity index (χ2n) is 2.54. The molecule has 0 heterocycles. The van der Waals surface area contributed by atoms with Crippen LogP contribution in [0.5, 0.6) is 0 Å². The molecule has 0 atom stereocenters. The first-order valence-corrected chi connectivity index (χ1v) is 4.98. The first-order valence-electron chi connectivity index (χ1n) is 3.86. The summed E-state index contributed by atoms with van der Waals surface area (Å²) in [6, 6.07) is 7.16. The molecule has 1 rings (SSSR count). The van der Waals surface area contributed by atoms with E-state index in [1.807, 2.05) is 24.3 Å². The zero-order valence-corrected chi connectivity index (χ0v) is 8.62. The molecule has 0 saturated heterocycles. The number of hydrogen-bond donors (Lipinski definition) is 1. The van der Waals surface area contributed by atoms with Crippen molar-refractivity contribution in [2.75, 3.05) is 5.33 Å². The molecule has 0 radical (unpaired) electrons. The Hall–Kier alpha value is -1.09. The number of rotatable bonds is 3. The average molecular weight is 240 g/mol. The van der Waals surface area contributed by atoms with Gasteiger partial charge in [-0.25, -0.2) is 0 Å². The van der Waals surface area contributed by atoms with Crippen molar-refractivity contribution < 1.29 is 4.79 Å². The minimum atomic E-state index is -0.393. The number of allylic oxidation sites excluding steroid dienone is 1. The first kappa shape index (κ1) is 9.99. The summed E-state index contributed by atoms with van der Waals surface area (Å²) in [6.45, 7) is 0. The van der Waals surface area contributed by atoms with Crippen LogP contribution in [-0.2, 0) is 0 Å². The SMILES string of the molecule is NC(=O)c1ccc(C=CCBr)cc1. The number of benzene rings is 1. The third kappa shape index (κ3) is 3.03. The third-order valence-corrected chi connectivity index (χ3v) is 1.97. The number of amides is 1. The predicted molar refractivity (Wildman–Crippen MR) is 57.8 cm³/mol. The number of hydrogen-bond acceptors (Lipinski definition) is 1. The summed E-state index contributed by atoms with van der Waals surface area (Å²) in [5.74, 6) is -0.393. The molecule has 13 heavy (non-hydrogen) atoms. The molecule has 0 spiro atoms. The van der Waals surface area contributed by atoms with Crippen molar-refractivity contribution in [3.63, 3.8) is 0 Å². The van der Waals surface area contributed by atoms with Gasteiger partial charge in [0.2, 0.25) is 5.91 Å². The fourth-order valence-electron chi connectivity index (χ4n) is 0.939. The van der Waals surface area contributed by atoms with E-state index in [4.69, 9.17) is 5.73 Å². The quantitative estimate of drug-likeness (QED) is 0.808. The van der Waals surface area contributed by atoms with Gasteiger partial charge in [0.25, 0.3) is 0 Å². The lowest BCUT2D eigenvalue weighted by molar-refractivity contribution is 0.100. The molecule has 0 aliphatic heterocycles. The Kier molecular flexibility index (Phi) is 3.71. The van der Waals surface area contributed by atoms with Crippen molar-refractivity contribution in [3.05, 3.63) is 41.5 Å². The van der Waals surface area contributed by atoms with Crippen molar-refractivity contribution in [1.29, 1.82) is 0 Å². The van der Waals surface area contributed by atoms with E-state index in [2.05, 4.69) is 15.9 Å². The van der Waals surface area contributed by atoms with E-state index in [1.54, 1.807) is 12.1 Å². The molecule has 1 aromatic carbocycles. The molecule has 0 aromatic heterocycles. The molecule has 0 unspecified atom stereocenters. The molecule has 1 amide bonds. The van der Waals surface area contributed by atoms with E-state index in [0.717, 1.165) is 10.9 Å². The van der Waals surface area contributed by atoms with Gasteiger partial charge in [-0.3, -0.25) is 4.79 Å². The number of carbonyl (C=O) groups is 1. The molecule has 2 nitrogen and oxygen atoms in total. The first-order chi connectivity index (χ1) is 6.24. The Labute approximate surface area is 85.6 Å². The normalized spacial score (nSPS) is 10.5. The van der Waals surface area contributed by atoms with Crippen LogP contribution in [-0.4, -0.2) is 11.2 Å². The molecular formula is C10H10BrNO. The van der Waals surface area contributed by atoms with E-state index in [9.17, 15) is 4.79 Å². The molecule has 0 bridgehead atoms. The number of primary amides is 1. The summed E-state index contributed by atoms with van der Waals surface area (Å²) in [5.41, 5.74) is 6.70. The number of carbonyl (C=O) groups excluding carboxylic acids is 1. The second-order valence-corrected chi connectivity index (χ2v) is 3.19. The summed E-state index contributed by atoms with van der Waals surface area (Å²) in [4.78, 5) is 10.7. The molecule has 3 heteroatoms. The Balaban J connectivity index is 2.81. The Bertz CT molecular complexity index is 316. The van der Waals surface area contributed by atoms with E-state index >= 15 is 0 Å². The maximum absolute atomic E-state index is 10.7. The molecule has 0 aliphatic rings. The highest BCUT2D eigenvalue weighted by Gasteiger charge is 1.97. The number of nitrogens with two attached hydrogens (primary N) is 1. The van der Waals surface area contributed by atoms with Gasteiger partial charge in [0, 0.05) is 10.9 Å². The van der Waals surface area contributed by atoms with E-state index in [-0.39, 0.29) is 0 Å². The van der Waals surface area contributed by atoms with Crippen molar-refractivity contribution in [2.45, 2.75) is 0 Å². The molecule has 1 aromatic rings. The average Bonchev–Trinajstić information content (AvgIpc) is 2.15. The molecular weight excluding hydrogens is 230 g/mol. The van der Waals surface area contributed by atoms with Gasteiger partial charge in [-0.2, -0.15) is 0 Å². The molecule has 0 aliphatic carbocycles.